The smallest absolute Gasteiger partial charge is 0.394 e. The van der Waals surface area contributed by atoms with E-state index in [4.69, 9.17) is 16.3 Å². The largest absolute Gasteiger partial charge is 0.496 e. The number of hydrogen-bond acceptors (Lipinski definition) is 4. The van der Waals surface area contributed by atoms with Gasteiger partial charge in [-0.15, -0.1) is 0 Å². The lowest BCUT2D eigenvalue weighted by Crippen LogP contribution is -2.78. The predicted octanol–water partition coefficient (Wildman–Crippen LogP) is 4.08. The highest BCUT2D eigenvalue weighted by Crippen LogP contribution is 2.73. The molecule has 0 heterocycles. The van der Waals surface area contributed by atoms with E-state index in [0.717, 1.165) is 5.56 Å². The minimum atomic E-state index is -4.30. The molecule has 1 amide bonds. The van der Waals surface area contributed by atoms with Gasteiger partial charge in [-0.3, -0.25) is 4.79 Å². The molecule has 3 aliphatic carbocycles. The molecule has 0 atom stereocenters. The van der Waals surface area contributed by atoms with Gasteiger partial charge in [-0.2, -0.15) is 13.2 Å². The maximum atomic E-state index is 13.0. The van der Waals surface area contributed by atoms with Crippen LogP contribution in [-0.4, -0.2) is 39.7 Å². The van der Waals surface area contributed by atoms with Gasteiger partial charge < -0.3 is 10.1 Å². The highest BCUT2D eigenvalue weighted by molar-refractivity contribution is 7.89. The molecule has 0 spiro atoms. The lowest BCUT2D eigenvalue weighted by atomic mass is 9.39. The molecule has 6 nitrogen and oxygen atoms in total. The van der Waals surface area contributed by atoms with E-state index in [1.165, 1.54) is 25.3 Å². The summed E-state index contributed by atoms with van der Waals surface area (Å²) in [6.45, 7) is 0.293. The number of rotatable bonds is 8. The van der Waals surface area contributed by atoms with Gasteiger partial charge in [0.15, 0.2) is 0 Å². The lowest BCUT2D eigenvalue weighted by molar-refractivity contribution is -0.335. The van der Waals surface area contributed by atoms with E-state index in [1.54, 1.807) is 24.3 Å². The number of sulfonamides is 1. The summed E-state index contributed by atoms with van der Waals surface area (Å²) in [5.74, 6) is 0.0387. The monoisotopic (exact) mass is 502 g/mol. The number of halogens is 4. The Balaban J connectivity index is 1.31. The van der Waals surface area contributed by atoms with Crippen LogP contribution in [-0.2, 0) is 16.4 Å². The van der Waals surface area contributed by atoms with Gasteiger partial charge in [-0.1, -0.05) is 23.7 Å². The molecule has 178 valence electrons. The van der Waals surface area contributed by atoms with Crippen molar-refractivity contribution in [3.63, 3.8) is 0 Å². The van der Waals surface area contributed by atoms with Gasteiger partial charge in [0, 0.05) is 17.1 Å². The third-order valence-corrected chi connectivity index (χ3v) is 8.15. The second kappa shape index (κ2) is 8.18. The average Bonchev–Trinajstić information content (AvgIpc) is 2.69. The van der Waals surface area contributed by atoms with Gasteiger partial charge in [-0.05, 0) is 61.6 Å². The lowest BCUT2D eigenvalue weighted by Gasteiger charge is -2.70. The summed E-state index contributed by atoms with van der Waals surface area (Å²) in [5.41, 5.74) is -1.62. The number of nitrogens with one attached hydrogen (secondary N) is 2. The molecule has 3 aliphatic rings. The van der Waals surface area contributed by atoms with Crippen molar-refractivity contribution in [2.24, 2.45) is 5.41 Å². The standard InChI is InChI=1S/C22H22ClF3N2O4S/c1-32-18-7-4-15(23)10-17(18)19(29)27-9-8-14-2-5-16(6-3-14)33(30,31)28-21-11-20(12-21,13-21)22(24,25)26/h2-7,10,28H,8-9,11-13H2,1H3,(H,27,29). The molecule has 2 N–H and O–H groups in total. The van der Waals surface area contributed by atoms with Crippen LogP contribution in [0.5, 0.6) is 5.75 Å². The van der Waals surface area contributed by atoms with Gasteiger partial charge in [0.05, 0.1) is 23.0 Å². The second-order valence-corrected chi connectivity index (χ2v) is 10.8. The first-order valence-electron chi connectivity index (χ1n) is 10.2. The van der Waals surface area contributed by atoms with Crippen molar-refractivity contribution < 1.29 is 31.1 Å². The SMILES string of the molecule is COc1ccc(Cl)cc1C(=O)NCCc1ccc(S(=O)(=O)NC23CC(C(F)(F)F)(C2)C3)cc1. The topological polar surface area (TPSA) is 84.5 Å². The zero-order chi connectivity index (χ0) is 24.1. The summed E-state index contributed by atoms with van der Waals surface area (Å²) in [4.78, 5) is 12.4. The molecule has 0 radical (unpaired) electrons. The summed E-state index contributed by atoms with van der Waals surface area (Å²) < 4.78 is 71.8. The van der Waals surface area contributed by atoms with Crippen LogP contribution in [0.15, 0.2) is 47.4 Å². The summed E-state index contributed by atoms with van der Waals surface area (Å²) in [5, 5.41) is 3.16. The van der Waals surface area contributed by atoms with Crippen LogP contribution in [0.2, 0.25) is 5.02 Å². The Morgan fingerprint density at radius 1 is 1.12 bits per heavy atom. The first-order chi connectivity index (χ1) is 15.4. The Hall–Kier alpha value is -2.30. The van der Waals surface area contributed by atoms with E-state index in [-0.39, 0.29) is 30.1 Å². The van der Waals surface area contributed by atoms with Crippen molar-refractivity contribution >= 4 is 27.5 Å². The van der Waals surface area contributed by atoms with Crippen molar-refractivity contribution in [2.75, 3.05) is 13.7 Å². The molecule has 0 aromatic heterocycles. The number of hydrogen-bond donors (Lipinski definition) is 2. The third-order valence-electron chi connectivity index (χ3n) is 6.32. The van der Waals surface area contributed by atoms with Crippen molar-refractivity contribution in [3.05, 3.63) is 58.6 Å². The van der Waals surface area contributed by atoms with Crippen LogP contribution in [0, 0.1) is 5.41 Å². The van der Waals surface area contributed by atoms with Crippen LogP contribution in [0.4, 0.5) is 13.2 Å². The molecule has 3 fully saturated rings. The first kappa shape index (κ1) is 23.8. The summed E-state index contributed by atoms with van der Waals surface area (Å²) in [6.07, 6.45) is -4.48. The van der Waals surface area contributed by atoms with E-state index in [0.29, 0.717) is 29.3 Å². The molecule has 0 aliphatic heterocycles. The Morgan fingerprint density at radius 3 is 2.33 bits per heavy atom. The first-order valence-corrected chi connectivity index (χ1v) is 12.1. The van der Waals surface area contributed by atoms with E-state index in [1.807, 2.05) is 0 Å². The zero-order valence-electron chi connectivity index (χ0n) is 17.6. The number of carbonyl (C=O) groups excluding carboxylic acids is 1. The van der Waals surface area contributed by atoms with Gasteiger partial charge in [0.2, 0.25) is 10.0 Å². The summed E-state index contributed by atoms with van der Waals surface area (Å²) in [6, 6.07) is 10.8. The molecule has 11 heteroatoms. The summed E-state index contributed by atoms with van der Waals surface area (Å²) >= 11 is 5.94. The number of carbonyl (C=O) groups is 1. The zero-order valence-corrected chi connectivity index (χ0v) is 19.2. The third kappa shape index (κ3) is 4.43. The normalized spacial score (nSPS) is 23.9. The molecule has 5 rings (SSSR count). The van der Waals surface area contributed by atoms with Crippen molar-refractivity contribution in [2.45, 2.75) is 42.3 Å². The fourth-order valence-corrected chi connectivity index (χ4v) is 6.22. The maximum Gasteiger partial charge on any atom is 0.394 e. The van der Waals surface area contributed by atoms with Crippen molar-refractivity contribution in [1.82, 2.24) is 10.0 Å². The average molecular weight is 503 g/mol. The molecule has 33 heavy (non-hydrogen) atoms. The van der Waals surface area contributed by atoms with Crippen molar-refractivity contribution in [1.29, 1.82) is 0 Å². The van der Waals surface area contributed by atoms with E-state index in [9.17, 15) is 26.4 Å². The Labute approximate surface area is 194 Å². The van der Waals surface area contributed by atoms with Crippen LogP contribution < -0.4 is 14.8 Å². The molecular weight excluding hydrogens is 481 g/mol. The molecule has 2 aromatic carbocycles. The number of ether oxygens (including phenoxy) is 1. The summed E-state index contributed by atoms with van der Waals surface area (Å²) in [7, 11) is -2.47. The minimum absolute atomic E-state index is 0.00951. The Kier molecular flexibility index (Phi) is 5.91. The molecule has 3 saturated carbocycles. The predicted molar refractivity (Wildman–Crippen MR) is 116 cm³/mol. The van der Waals surface area contributed by atoms with E-state index < -0.39 is 27.2 Å². The van der Waals surface area contributed by atoms with Gasteiger partial charge in [0.1, 0.15) is 5.75 Å². The minimum Gasteiger partial charge on any atom is -0.496 e. The van der Waals surface area contributed by atoms with Crippen LogP contribution in [0.1, 0.15) is 35.2 Å². The van der Waals surface area contributed by atoms with Crippen LogP contribution in [0.25, 0.3) is 0 Å². The molecule has 0 saturated heterocycles. The fraction of sp³-hybridized carbons (Fsp3) is 0.409. The maximum absolute atomic E-state index is 13.0. The van der Waals surface area contributed by atoms with Crippen LogP contribution in [0.3, 0.4) is 0 Å². The molecule has 0 unspecified atom stereocenters. The number of alkyl halides is 3. The van der Waals surface area contributed by atoms with E-state index in [2.05, 4.69) is 10.0 Å². The number of methoxy groups -OCH3 is 1. The van der Waals surface area contributed by atoms with Crippen molar-refractivity contribution in [3.8, 4) is 5.75 Å². The van der Waals surface area contributed by atoms with Gasteiger partial charge in [0.25, 0.3) is 5.91 Å². The quantitative estimate of drug-likeness (QED) is 0.569. The fourth-order valence-electron chi connectivity index (χ4n) is 4.65. The van der Waals surface area contributed by atoms with Crippen LogP contribution >= 0.6 is 11.6 Å². The van der Waals surface area contributed by atoms with Gasteiger partial charge >= 0.3 is 6.18 Å². The van der Waals surface area contributed by atoms with Gasteiger partial charge in [-0.25, -0.2) is 13.1 Å². The Bertz CT molecular complexity index is 1160. The number of amides is 1. The molecule has 2 aromatic rings. The molecular formula is C22H22ClF3N2O4S. The Morgan fingerprint density at radius 2 is 1.76 bits per heavy atom. The highest BCUT2D eigenvalue weighted by atomic mass is 35.5. The van der Waals surface area contributed by atoms with E-state index >= 15 is 0 Å². The second-order valence-electron chi connectivity index (χ2n) is 8.69. The molecule has 2 bridgehead atoms. The highest BCUT2D eigenvalue weighted by Gasteiger charge is 2.79. The number of benzene rings is 2.